The number of amides is 1. The number of carbonyl (C=O) groups is 2. The first-order valence-electron chi connectivity index (χ1n) is 9.23. The van der Waals surface area contributed by atoms with E-state index in [1.54, 1.807) is 6.07 Å². The number of nitrogen functional groups attached to an aromatic ring is 1. The summed E-state index contributed by atoms with van der Waals surface area (Å²) in [6, 6.07) is 9.20. The number of hydrogen-bond acceptors (Lipinski definition) is 5. The lowest BCUT2D eigenvalue weighted by molar-refractivity contribution is -0.118. The van der Waals surface area contributed by atoms with Crippen molar-refractivity contribution in [1.82, 2.24) is 10.5 Å². The molecule has 1 aliphatic carbocycles. The number of carbonyl (C=O) groups excluding carboxylic acids is 2. The topological polar surface area (TPSA) is 98.2 Å². The van der Waals surface area contributed by atoms with Crippen molar-refractivity contribution in [2.24, 2.45) is 0 Å². The first kappa shape index (κ1) is 18.2. The Morgan fingerprint density at radius 2 is 2.00 bits per heavy atom. The predicted octanol–water partition coefficient (Wildman–Crippen LogP) is 3.24. The molecule has 0 aliphatic heterocycles. The van der Waals surface area contributed by atoms with E-state index in [9.17, 15) is 9.59 Å². The second kappa shape index (κ2) is 8.65. The van der Waals surface area contributed by atoms with Crippen LogP contribution in [0.3, 0.4) is 0 Å². The molecule has 0 atom stereocenters. The SMILES string of the molecule is Nc1ccccc1CC(=O)CCCCCNC(=O)c1cc(C2CC2)on1. The molecule has 0 bridgehead atoms. The average Bonchev–Trinajstić information content (AvgIpc) is 3.36. The van der Waals surface area contributed by atoms with Crippen LogP contribution < -0.4 is 11.1 Å². The van der Waals surface area contributed by atoms with Crippen LogP contribution in [0.2, 0.25) is 0 Å². The van der Waals surface area contributed by atoms with E-state index in [1.165, 1.54) is 0 Å². The maximum atomic E-state index is 12.0. The van der Waals surface area contributed by atoms with Gasteiger partial charge in [-0.25, -0.2) is 0 Å². The maximum absolute atomic E-state index is 12.0. The lowest BCUT2D eigenvalue weighted by atomic mass is 10.0. The van der Waals surface area contributed by atoms with Gasteiger partial charge in [-0.3, -0.25) is 9.59 Å². The number of rotatable bonds is 10. The lowest BCUT2D eigenvalue weighted by Crippen LogP contribution is -2.24. The monoisotopic (exact) mass is 355 g/mol. The predicted molar refractivity (Wildman–Crippen MR) is 98.8 cm³/mol. The largest absolute Gasteiger partial charge is 0.398 e. The highest BCUT2D eigenvalue weighted by molar-refractivity contribution is 5.92. The molecule has 3 N–H and O–H groups in total. The van der Waals surface area contributed by atoms with E-state index in [-0.39, 0.29) is 11.7 Å². The summed E-state index contributed by atoms with van der Waals surface area (Å²) in [5.41, 5.74) is 7.77. The van der Waals surface area contributed by atoms with Crippen LogP contribution in [0.15, 0.2) is 34.9 Å². The second-order valence-electron chi connectivity index (χ2n) is 6.87. The average molecular weight is 355 g/mol. The molecule has 1 saturated carbocycles. The van der Waals surface area contributed by atoms with Crippen molar-refractivity contribution in [1.29, 1.82) is 0 Å². The van der Waals surface area contributed by atoms with Gasteiger partial charge in [0.15, 0.2) is 5.69 Å². The van der Waals surface area contributed by atoms with Crippen molar-refractivity contribution in [3.8, 4) is 0 Å². The Hall–Kier alpha value is -2.63. The molecule has 0 unspecified atom stereocenters. The fraction of sp³-hybridized carbons (Fsp3) is 0.450. The van der Waals surface area contributed by atoms with E-state index in [4.69, 9.17) is 10.3 Å². The van der Waals surface area contributed by atoms with Gasteiger partial charge in [-0.05, 0) is 37.3 Å². The molecule has 0 saturated heterocycles. The van der Waals surface area contributed by atoms with E-state index in [2.05, 4.69) is 10.5 Å². The van der Waals surface area contributed by atoms with Crippen molar-refractivity contribution in [3.05, 3.63) is 47.3 Å². The van der Waals surface area contributed by atoms with Gasteiger partial charge in [0.05, 0.1) is 0 Å². The molecule has 1 aromatic heterocycles. The number of Topliss-reactive ketones (excluding diaryl/α,β-unsaturated/α-hetero) is 1. The van der Waals surface area contributed by atoms with Gasteiger partial charge >= 0.3 is 0 Å². The van der Waals surface area contributed by atoms with Crippen LogP contribution in [0.1, 0.15) is 66.3 Å². The van der Waals surface area contributed by atoms with E-state index < -0.39 is 0 Å². The number of nitrogens with one attached hydrogen (secondary N) is 1. The summed E-state index contributed by atoms with van der Waals surface area (Å²) in [4.78, 5) is 24.0. The molecule has 1 amide bonds. The molecule has 138 valence electrons. The van der Waals surface area contributed by atoms with Crippen molar-refractivity contribution in [2.75, 3.05) is 12.3 Å². The zero-order chi connectivity index (χ0) is 18.4. The van der Waals surface area contributed by atoms with Crippen molar-refractivity contribution < 1.29 is 14.1 Å². The Bertz CT molecular complexity index is 765. The fourth-order valence-corrected chi connectivity index (χ4v) is 2.87. The third kappa shape index (κ3) is 5.18. The number of hydrogen-bond donors (Lipinski definition) is 2. The molecule has 0 spiro atoms. The minimum atomic E-state index is -0.198. The van der Waals surface area contributed by atoms with E-state index in [0.717, 1.165) is 43.4 Å². The molecule has 1 aliphatic rings. The number of ketones is 1. The van der Waals surface area contributed by atoms with E-state index in [1.807, 2.05) is 24.3 Å². The molecular formula is C20H25N3O3. The number of nitrogens with two attached hydrogens (primary N) is 1. The highest BCUT2D eigenvalue weighted by Gasteiger charge is 2.28. The maximum Gasteiger partial charge on any atom is 0.273 e. The van der Waals surface area contributed by atoms with E-state index in [0.29, 0.717) is 36.7 Å². The number of para-hydroxylation sites is 1. The van der Waals surface area contributed by atoms with Crippen molar-refractivity contribution >= 4 is 17.4 Å². The molecule has 6 heteroatoms. The minimum absolute atomic E-state index is 0.196. The summed E-state index contributed by atoms with van der Waals surface area (Å²) in [6.07, 6.45) is 5.70. The van der Waals surface area contributed by atoms with Crippen LogP contribution in [0.5, 0.6) is 0 Å². The van der Waals surface area contributed by atoms with Crippen LogP contribution >= 0.6 is 0 Å². The molecule has 0 radical (unpaired) electrons. The third-order valence-corrected chi connectivity index (χ3v) is 4.60. The zero-order valence-corrected chi connectivity index (χ0v) is 14.9. The molecule has 6 nitrogen and oxygen atoms in total. The first-order valence-corrected chi connectivity index (χ1v) is 9.23. The smallest absolute Gasteiger partial charge is 0.273 e. The van der Waals surface area contributed by atoms with Gasteiger partial charge in [0.25, 0.3) is 5.91 Å². The molecule has 3 rings (SSSR count). The Morgan fingerprint density at radius 1 is 1.19 bits per heavy atom. The number of benzene rings is 1. The summed E-state index contributed by atoms with van der Waals surface area (Å²) < 4.78 is 5.18. The zero-order valence-electron chi connectivity index (χ0n) is 14.9. The Kier molecular flexibility index (Phi) is 6.04. The summed E-state index contributed by atoms with van der Waals surface area (Å²) in [5, 5.41) is 6.66. The first-order chi connectivity index (χ1) is 12.6. The molecular weight excluding hydrogens is 330 g/mol. The highest BCUT2D eigenvalue weighted by Crippen LogP contribution is 2.40. The van der Waals surface area contributed by atoms with Gasteiger partial charge in [-0.1, -0.05) is 29.8 Å². The van der Waals surface area contributed by atoms with Crippen LogP contribution in [0, 0.1) is 0 Å². The molecule has 1 heterocycles. The molecule has 26 heavy (non-hydrogen) atoms. The number of aromatic nitrogens is 1. The minimum Gasteiger partial charge on any atom is -0.398 e. The van der Waals surface area contributed by atoms with Crippen LogP contribution in [-0.4, -0.2) is 23.4 Å². The van der Waals surface area contributed by atoms with Gasteiger partial charge < -0.3 is 15.6 Å². The number of nitrogens with zero attached hydrogens (tertiary/aromatic N) is 1. The van der Waals surface area contributed by atoms with Gasteiger partial charge in [-0.2, -0.15) is 0 Å². The third-order valence-electron chi connectivity index (χ3n) is 4.60. The Balaban J connectivity index is 1.27. The quantitative estimate of drug-likeness (QED) is 0.503. The Morgan fingerprint density at radius 3 is 2.77 bits per heavy atom. The van der Waals surface area contributed by atoms with Gasteiger partial charge in [-0.15, -0.1) is 0 Å². The normalized spacial score (nSPS) is 13.5. The van der Waals surface area contributed by atoms with E-state index >= 15 is 0 Å². The van der Waals surface area contributed by atoms with Gasteiger partial charge in [0, 0.05) is 37.1 Å². The van der Waals surface area contributed by atoms with Crippen LogP contribution in [0.25, 0.3) is 0 Å². The van der Waals surface area contributed by atoms with Crippen LogP contribution in [-0.2, 0) is 11.2 Å². The lowest BCUT2D eigenvalue weighted by Gasteiger charge is -2.05. The molecule has 1 aromatic carbocycles. The van der Waals surface area contributed by atoms with Gasteiger partial charge in [0.2, 0.25) is 0 Å². The summed E-state index contributed by atoms with van der Waals surface area (Å²) in [6.45, 7) is 0.574. The Labute approximate surface area is 153 Å². The standard InChI is InChI=1S/C20H25N3O3/c21-17-8-4-3-6-15(17)12-16(24)7-2-1-5-11-22-20(25)18-13-19(26-23-18)14-9-10-14/h3-4,6,8,13-14H,1-2,5,7,9-12,21H2,(H,22,25). The number of anilines is 1. The highest BCUT2D eigenvalue weighted by atomic mass is 16.5. The van der Waals surface area contributed by atoms with Crippen molar-refractivity contribution in [2.45, 2.75) is 50.9 Å². The summed E-state index contributed by atoms with van der Waals surface area (Å²) in [5.74, 6) is 1.26. The number of unbranched alkanes of at least 4 members (excludes halogenated alkanes) is 2. The second-order valence-corrected chi connectivity index (χ2v) is 6.87. The summed E-state index contributed by atoms with van der Waals surface area (Å²) >= 11 is 0. The fourth-order valence-electron chi connectivity index (χ4n) is 2.87. The molecule has 2 aromatic rings. The summed E-state index contributed by atoms with van der Waals surface area (Å²) in [7, 11) is 0. The van der Waals surface area contributed by atoms with Gasteiger partial charge in [0.1, 0.15) is 11.5 Å². The van der Waals surface area contributed by atoms with Crippen LogP contribution in [0.4, 0.5) is 5.69 Å². The van der Waals surface area contributed by atoms with Crippen molar-refractivity contribution in [3.63, 3.8) is 0 Å². The molecule has 1 fully saturated rings.